The van der Waals surface area contributed by atoms with E-state index in [0.29, 0.717) is 0 Å². The molecule has 0 radical (unpaired) electrons. The summed E-state index contributed by atoms with van der Waals surface area (Å²) < 4.78 is 27.6. The Morgan fingerprint density at radius 2 is 2.15 bits per heavy atom. The molecular formula is C6H6ClNO4S. The Kier molecular flexibility index (Phi) is 2.63. The Balaban J connectivity index is 2.81. The summed E-state index contributed by atoms with van der Waals surface area (Å²) in [6.07, 6.45) is 0.870. The van der Waals surface area contributed by atoms with Crippen LogP contribution < -0.4 is 4.72 Å². The largest absolute Gasteiger partial charge is 0.440 e. The number of amides is 1. The van der Waals surface area contributed by atoms with Gasteiger partial charge < -0.3 is 4.42 Å². The Morgan fingerprint density at radius 1 is 1.54 bits per heavy atom. The van der Waals surface area contributed by atoms with Gasteiger partial charge in [0.25, 0.3) is 5.91 Å². The molecule has 0 aliphatic rings. The summed E-state index contributed by atoms with van der Waals surface area (Å²) in [5.41, 5.74) is 0. The summed E-state index contributed by atoms with van der Waals surface area (Å²) in [5, 5.41) is 0.0265. The third-order valence-electron chi connectivity index (χ3n) is 1.08. The predicted molar refractivity (Wildman–Crippen MR) is 46.0 cm³/mol. The molecule has 0 saturated heterocycles. The van der Waals surface area contributed by atoms with Crippen LogP contribution in [0.25, 0.3) is 0 Å². The number of halogens is 1. The van der Waals surface area contributed by atoms with Gasteiger partial charge in [0.1, 0.15) is 0 Å². The minimum Gasteiger partial charge on any atom is -0.440 e. The fourth-order valence-corrected chi connectivity index (χ4v) is 1.24. The van der Waals surface area contributed by atoms with Crippen molar-refractivity contribution in [1.29, 1.82) is 0 Å². The van der Waals surface area contributed by atoms with Crippen molar-refractivity contribution in [3.05, 3.63) is 23.1 Å². The first-order valence-electron chi connectivity index (χ1n) is 3.16. The number of hydrogen-bond donors (Lipinski definition) is 1. The highest BCUT2D eigenvalue weighted by Gasteiger charge is 2.14. The second-order valence-electron chi connectivity index (χ2n) is 2.31. The van der Waals surface area contributed by atoms with Gasteiger partial charge in [-0.25, -0.2) is 13.1 Å². The smallest absolute Gasteiger partial charge is 0.300 e. The van der Waals surface area contributed by atoms with E-state index in [1.165, 1.54) is 12.1 Å². The Morgan fingerprint density at radius 3 is 2.54 bits per heavy atom. The molecule has 0 fully saturated rings. The molecule has 1 N–H and O–H groups in total. The van der Waals surface area contributed by atoms with Gasteiger partial charge in [-0.15, -0.1) is 0 Å². The maximum Gasteiger partial charge on any atom is 0.300 e. The number of sulfonamides is 1. The van der Waals surface area contributed by atoms with Gasteiger partial charge in [0.05, 0.1) is 6.26 Å². The van der Waals surface area contributed by atoms with Gasteiger partial charge in [0.15, 0.2) is 11.0 Å². The first-order valence-corrected chi connectivity index (χ1v) is 5.43. The van der Waals surface area contributed by atoms with Crippen LogP contribution in [-0.4, -0.2) is 20.6 Å². The SMILES string of the molecule is CS(=O)(=O)NC(=O)c1ccc(Cl)o1. The maximum atomic E-state index is 11.0. The van der Waals surface area contributed by atoms with Gasteiger partial charge in [-0.05, 0) is 23.7 Å². The van der Waals surface area contributed by atoms with Gasteiger partial charge in [0.2, 0.25) is 10.0 Å². The van der Waals surface area contributed by atoms with Crippen molar-refractivity contribution in [3.63, 3.8) is 0 Å². The van der Waals surface area contributed by atoms with E-state index < -0.39 is 15.9 Å². The van der Waals surface area contributed by atoms with Crippen molar-refractivity contribution in [2.45, 2.75) is 0 Å². The predicted octanol–water partition coefficient (Wildman–Crippen LogP) is 0.622. The average Bonchev–Trinajstić information content (AvgIpc) is 2.31. The molecule has 72 valence electrons. The van der Waals surface area contributed by atoms with E-state index >= 15 is 0 Å². The van der Waals surface area contributed by atoms with Crippen molar-refractivity contribution < 1.29 is 17.6 Å². The maximum absolute atomic E-state index is 11.0. The minimum atomic E-state index is -3.56. The topological polar surface area (TPSA) is 76.4 Å². The highest BCUT2D eigenvalue weighted by molar-refractivity contribution is 7.89. The van der Waals surface area contributed by atoms with E-state index in [1.807, 2.05) is 0 Å². The molecule has 5 nitrogen and oxygen atoms in total. The summed E-state index contributed by atoms with van der Waals surface area (Å²) in [6, 6.07) is 2.63. The van der Waals surface area contributed by atoms with E-state index in [4.69, 9.17) is 11.6 Å². The van der Waals surface area contributed by atoms with Crippen LogP contribution >= 0.6 is 11.6 Å². The Labute approximate surface area is 79.7 Å². The molecule has 1 heterocycles. The van der Waals surface area contributed by atoms with E-state index in [1.54, 1.807) is 4.72 Å². The van der Waals surface area contributed by atoms with Gasteiger partial charge >= 0.3 is 0 Å². The van der Waals surface area contributed by atoms with Crippen molar-refractivity contribution in [2.75, 3.05) is 6.26 Å². The van der Waals surface area contributed by atoms with Crippen LogP contribution in [0.3, 0.4) is 0 Å². The van der Waals surface area contributed by atoms with E-state index in [9.17, 15) is 13.2 Å². The lowest BCUT2D eigenvalue weighted by Gasteiger charge is -1.97. The molecule has 0 aromatic carbocycles. The highest BCUT2D eigenvalue weighted by Crippen LogP contribution is 2.12. The molecule has 0 unspecified atom stereocenters. The van der Waals surface area contributed by atoms with Crippen LogP contribution in [-0.2, 0) is 10.0 Å². The van der Waals surface area contributed by atoms with Crippen LogP contribution in [0.1, 0.15) is 10.6 Å². The summed E-state index contributed by atoms with van der Waals surface area (Å²) >= 11 is 5.38. The van der Waals surface area contributed by atoms with Gasteiger partial charge in [-0.2, -0.15) is 0 Å². The zero-order chi connectivity index (χ0) is 10.1. The second kappa shape index (κ2) is 3.39. The lowest BCUT2D eigenvalue weighted by molar-refractivity contribution is 0.0955. The first kappa shape index (κ1) is 10.1. The van der Waals surface area contributed by atoms with Crippen LogP contribution in [0, 0.1) is 0 Å². The van der Waals surface area contributed by atoms with Crippen molar-refractivity contribution in [2.24, 2.45) is 0 Å². The highest BCUT2D eigenvalue weighted by atomic mass is 35.5. The normalized spacial score (nSPS) is 11.2. The van der Waals surface area contributed by atoms with Crippen LogP contribution in [0.2, 0.25) is 5.22 Å². The standard InChI is InChI=1S/C6H6ClNO4S/c1-13(10,11)8-6(9)4-2-3-5(7)12-4/h2-3H,1H3,(H,8,9). The third kappa shape index (κ3) is 3.08. The third-order valence-corrected chi connectivity index (χ3v) is 1.83. The zero-order valence-electron chi connectivity index (χ0n) is 6.57. The number of carbonyl (C=O) groups excluding carboxylic acids is 1. The number of hydrogen-bond acceptors (Lipinski definition) is 4. The fraction of sp³-hybridized carbons (Fsp3) is 0.167. The summed E-state index contributed by atoms with van der Waals surface area (Å²) in [7, 11) is -3.56. The summed E-state index contributed by atoms with van der Waals surface area (Å²) in [5.74, 6) is -0.982. The molecule has 7 heteroatoms. The van der Waals surface area contributed by atoms with Gasteiger partial charge in [0, 0.05) is 0 Å². The molecule has 0 bridgehead atoms. The van der Waals surface area contributed by atoms with E-state index in [0.717, 1.165) is 6.26 Å². The second-order valence-corrected chi connectivity index (χ2v) is 4.43. The molecule has 1 aromatic heterocycles. The van der Waals surface area contributed by atoms with Gasteiger partial charge in [-0.1, -0.05) is 0 Å². The number of carbonyl (C=O) groups is 1. The fourth-order valence-electron chi connectivity index (χ4n) is 0.655. The number of rotatable bonds is 2. The molecule has 0 spiro atoms. The van der Waals surface area contributed by atoms with Crippen molar-refractivity contribution >= 4 is 27.5 Å². The quantitative estimate of drug-likeness (QED) is 0.798. The monoisotopic (exact) mass is 223 g/mol. The van der Waals surface area contributed by atoms with Crippen LogP contribution in [0.4, 0.5) is 0 Å². The molecule has 1 rings (SSSR count). The molecule has 0 saturated carbocycles. The minimum absolute atomic E-state index is 0.0265. The molecule has 0 atom stereocenters. The van der Waals surface area contributed by atoms with E-state index in [2.05, 4.69) is 4.42 Å². The Hall–Kier alpha value is -1.01. The molecule has 1 amide bonds. The molecule has 13 heavy (non-hydrogen) atoms. The molecule has 0 aliphatic carbocycles. The van der Waals surface area contributed by atoms with Crippen molar-refractivity contribution in [1.82, 2.24) is 4.72 Å². The van der Waals surface area contributed by atoms with E-state index in [-0.39, 0.29) is 11.0 Å². The van der Waals surface area contributed by atoms with Crippen LogP contribution in [0.15, 0.2) is 16.5 Å². The molecule has 1 aromatic rings. The Bertz CT molecular complexity index is 422. The lowest BCUT2D eigenvalue weighted by Crippen LogP contribution is -2.28. The number of furan rings is 1. The van der Waals surface area contributed by atoms with Gasteiger partial charge in [-0.3, -0.25) is 4.79 Å². The molecule has 0 aliphatic heterocycles. The number of nitrogens with one attached hydrogen (secondary N) is 1. The lowest BCUT2D eigenvalue weighted by atomic mass is 10.4. The average molecular weight is 224 g/mol. The van der Waals surface area contributed by atoms with Crippen LogP contribution in [0.5, 0.6) is 0 Å². The van der Waals surface area contributed by atoms with Crippen molar-refractivity contribution in [3.8, 4) is 0 Å². The zero-order valence-corrected chi connectivity index (χ0v) is 8.15. The summed E-state index contributed by atoms with van der Waals surface area (Å²) in [6.45, 7) is 0. The molecular weight excluding hydrogens is 218 g/mol. The first-order chi connectivity index (χ1) is 5.88. The summed E-state index contributed by atoms with van der Waals surface area (Å²) in [4.78, 5) is 11.0.